The minimum Gasteiger partial charge on any atom is -0.431 e. The van der Waals surface area contributed by atoms with Crippen LogP contribution in [0.2, 0.25) is 0 Å². The van der Waals surface area contributed by atoms with Gasteiger partial charge < -0.3 is 4.42 Å². The molecule has 26 heavy (non-hydrogen) atoms. The van der Waals surface area contributed by atoms with Crippen LogP contribution < -0.4 is 5.63 Å². The highest BCUT2D eigenvalue weighted by Gasteiger charge is 2.59. The Morgan fingerprint density at radius 1 is 1.08 bits per heavy atom. The fourth-order valence-corrected chi connectivity index (χ4v) is 7.68. The number of fused-ring (bicyclic) bond motifs is 5. The highest BCUT2D eigenvalue weighted by atomic mass is 16.4. The van der Waals surface area contributed by atoms with Crippen molar-refractivity contribution in [1.29, 1.82) is 0 Å². The van der Waals surface area contributed by atoms with Gasteiger partial charge in [0.05, 0.1) is 6.26 Å². The van der Waals surface area contributed by atoms with Crippen LogP contribution in [0.1, 0.15) is 94.9 Å². The van der Waals surface area contributed by atoms with Crippen molar-refractivity contribution in [2.45, 2.75) is 83.9 Å². The smallest absolute Gasteiger partial charge is 0.335 e. The van der Waals surface area contributed by atoms with Crippen molar-refractivity contribution >= 4 is 0 Å². The van der Waals surface area contributed by atoms with Crippen LogP contribution in [-0.2, 0) is 0 Å². The Hall–Kier alpha value is -1.05. The van der Waals surface area contributed by atoms with Crippen molar-refractivity contribution in [3.05, 3.63) is 34.4 Å². The van der Waals surface area contributed by atoms with Crippen LogP contribution in [0.25, 0.3) is 0 Å². The zero-order valence-electron chi connectivity index (χ0n) is 19.9. The first-order valence-electron chi connectivity index (χ1n) is 12.8. The van der Waals surface area contributed by atoms with Crippen molar-refractivity contribution in [1.82, 2.24) is 0 Å². The molecular weight excluding hydrogens is 320 g/mol. The zero-order chi connectivity index (χ0) is 21.3. The van der Waals surface area contributed by atoms with Gasteiger partial charge in [-0.1, -0.05) is 26.6 Å². The summed E-state index contributed by atoms with van der Waals surface area (Å²) in [7, 11) is 0. The molecule has 1 aromatic rings. The Morgan fingerprint density at radius 2 is 1.96 bits per heavy atom. The molecule has 0 saturated heterocycles. The SMILES string of the molecule is [2H]C1C[C@H]2[C@@H](CCC3CCCC[C@@]32C)[C@H]2CC[C@H](c3ccc(=O)oc3)[C@@]12C([2H])([2H])[2H]. The van der Waals surface area contributed by atoms with E-state index in [1.54, 1.807) is 6.07 Å². The molecule has 2 nitrogen and oxygen atoms in total. The van der Waals surface area contributed by atoms with E-state index in [1.165, 1.54) is 44.4 Å². The van der Waals surface area contributed by atoms with Crippen LogP contribution in [0.15, 0.2) is 27.6 Å². The van der Waals surface area contributed by atoms with Crippen LogP contribution in [-0.4, -0.2) is 0 Å². The minimum absolute atomic E-state index is 0.0582. The molecule has 8 atom stereocenters. The molecular formula is C24H34O2. The average molecular weight is 359 g/mol. The first-order chi connectivity index (χ1) is 14.2. The Morgan fingerprint density at radius 3 is 2.77 bits per heavy atom. The first-order valence-corrected chi connectivity index (χ1v) is 10.7. The summed E-state index contributed by atoms with van der Waals surface area (Å²) >= 11 is 0. The molecule has 0 aromatic carbocycles. The molecule has 0 aliphatic heterocycles. The summed E-state index contributed by atoms with van der Waals surface area (Å²) in [5.41, 5.74) is -0.377. The fourth-order valence-electron chi connectivity index (χ4n) is 7.68. The van der Waals surface area contributed by atoms with Gasteiger partial charge in [0.15, 0.2) is 0 Å². The van der Waals surface area contributed by atoms with Crippen LogP contribution in [0.5, 0.6) is 0 Å². The monoisotopic (exact) mass is 358 g/mol. The molecule has 2 unspecified atom stereocenters. The lowest BCUT2D eigenvalue weighted by atomic mass is 9.45. The minimum atomic E-state index is -2.20. The maximum atomic E-state index is 11.5. The molecule has 0 bridgehead atoms. The second-order valence-electron chi connectivity index (χ2n) is 9.79. The second-order valence-corrected chi connectivity index (χ2v) is 9.79. The van der Waals surface area contributed by atoms with Crippen molar-refractivity contribution in [3.63, 3.8) is 0 Å². The summed E-state index contributed by atoms with van der Waals surface area (Å²) in [5.74, 6) is 1.46. The summed E-state index contributed by atoms with van der Waals surface area (Å²) < 4.78 is 40.4. The van der Waals surface area contributed by atoms with Gasteiger partial charge in [-0.3, -0.25) is 0 Å². The van der Waals surface area contributed by atoms with E-state index < -0.39 is 24.3 Å². The van der Waals surface area contributed by atoms with Gasteiger partial charge in [0.2, 0.25) is 0 Å². The molecule has 142 valence electrons. The highest BCUT2D eigenvalue weighted by molar-refractivity contribution is 5.22. The van der Waals surface area contributed by atoms with E-state index in [4.69, 9.17) is 8.53 Å². The highest BCUT2D eigenvalue weighted by Crippen LogP contribution is 2.68. The molecule has 4 saturated carbocycles. The van der Waals surface area contributed by atoms with E-state index in [9.17, 15) is 6.17 Å². The van der Waals surface area contributed by atoms with Gasteiger partial charge >= 0.3 is 5.63 Å². The first kappa shape index (κ1) is 13.2. The predicted octanol–water partition coefficient (Wildman–Crippen LogP) is 6.16. The molecule has 4 aliphatic carbocycles. The largest absolute Gasteiger partial charge is 0.431 e. The molecule has 4 fully saturated rings. The Bertz CT molecular complexity index is 843. The Balaban J connectivity index is 1.59. The van der Waals surface area contributed by atoms with Crippen LogP contribution in [0, 0.1) is 34.5 Å². The lowest BCUT2D eigenvalue weighted by Gasteiger charge is -2.60. The lowest BCUT2D eigenvalue weighted by molar-refractivity contribution is -0.106. The van der Waals surface area contributed by atoms with Crippen LogP contribution in [0.3, 0.4) is 0 Å². The molecule has 0 N–H and O–H groups in total. The Kier molecular flexibility index (Phi) is 3.03. The van der Waals surface area contributed by atoms with Gasteiger partial charge in [-0.05, 0) is 103 Å². The van der Waals surface area contributed by atoms with E-state index in [2.05, 4.69) is 6.92 Å². The average Bonchev–Trinajstić information content (AvgIpc) is 3.11. The topological polar surface area (TPSA) is 30.2 Å². The van der Waals surface area contributed by atoms with E-state index in [0.29, 0.717) is 18.3 Å². The molecule has 2 heteroatoms. The molecule has 1 heterocycles. The quantitative estimate of drug-likeness (QED) is 0.602. The molecule has 4 aliphatic rings. The predicted molar refractivity (Wildman–Crippen MR) is 104 cm³/mol. The van der Waals surface area contributed by atoms with Gasteiger partial charge in [0.25, 0.3) is 0 Å². The maximum absolute atomic E-state index is 11.5. The number of rotatable bonds is 1. The third-order valence-corrected chi connectivity index (χ3v) is 8.97. The normalized spacial score (nSPS) is 53.3. The van der Waals surface area contributed by atoms with Crippen molar-refractivity contribution in [2.75, 3.05) is 0 Å². The summed E-state index contributed by atoms with van der Waals surface area (Å²) in [6.45, 7) is 0.262. The zero-order valence-corrected chi connectivity index (χ0v) is 15.9. The number of hydrogen-bond donors (Lipinski definition) is 0. The summed E-state index contributed by atoms with van der Waals surface area (Å²) in [6, 6.07) is 3.14. The third-order valence-electron chi connectivity index (χ3n) is 8.97. The van der Waals surface area contributed by atoms with E-state index in [-0.39, 0.29) is 17.3 Å². The van der Waals surface area contributed by atoms with Crippen LogP contribution >= 0.6 is 0 Å². The number of hydrogen-bond acceptors (Lipinski definition) is 2. The summed E-state index contributed by atoms with van der Waals surface area (Å²) in [6.07, 6.45) is 10.7. The Labute approximate surface area is 163 Å². The van der Waals surface area contributed by atoms with Gasteiger partial charge in [0.1, 0.15) is 0 Å². The van der Waals surface area contributed by atoms with Gasteiger partial charge in [-0.2, -0.15) is 0 Å². The maximum Gasteiger partial charge on any atom is 0.335 e. The van der Waals surface area contributed by atoms with Crippen LogP contribution in [0.4, 0.5) is 0 Å². The molecule has 0 amide bonds. The van der Waals surface area contributed by atoms with Gasteiger partial charge in [-0.25, -0.2) is 4.79 Å². The molecule has 5 rings (SSSR count). The standard InChI is InChI=1S/C24H34O2/c1-23-13-4-3-5-17(23)7-8-18-20-10-9-19(16-6-11-22(25)26-15-16)24(20,2)14-12-21(18)23/h6,11,15,17-21H,3-5,7-10,12-14H2,1-2H3/t17?,18-,19+,20+,21-,23-,24+/m0/s1/i2D3,14D/t14?,17?,18-,19+,20+,21-,23-,24+. The lowest BCUT2D eigenvalue weighted by Crippen LogP contribution is -2.52. The van der Waals surface area contributed by atoms with Crippen molar-refractivity contribution in [2.24, 2.45) is 34.5 Å². The summed E-state index contributed by atoms with van der Waals surface area (Å²) in [4.78, 5) is 11.5. The third kappa shape index (κ3) is 2.33. The van der Waals surface area contributed by atoms with Crippen molar-refractivity contribution < 1.29 is 9.90 Å². The molecule has 1 aromatic heterocycles. The second kappa shape index (κ2) is 5.97. The van der Waals surface area contributed by atoms with Crippen molar-refractivity contribution in [3.8, 4) is 0 Å². The van der Waals surface area contributed by atoms with E-state index in [1.807, 2.05) is 0 Å². The molecule has 0 spiro atoms. The fraction of sp³-hybridized carbons (Fsp3) is 0.792. The molecule has 0 radical (unpaired) electrons. The van der Waals surface area contributed by atoms with E-state index >= 15 is 0 Å². The van der Waals surface area contributed by atoms with Gasteiger partial charge in [-0.15, -0.1) is 0 Å². The van der Waals surface area contributed by atoms with E-state index in [0.717, 1.165) is 30.7 Å². The summed E-state index contributed by atoms with van der Waals surface area (Å²) in [5, 5.41) is 0. The van der Waals surface area contributed by atoms with Gasteiger partial charge in [0, 0.05) is 11.5 Å².